The van der Waals surface area contributed by atoms with Crippen LogP contribution in [0.25, 0.3) is 0 Å². The summed E-state index contributed by atoms with van der Waals surface area (Å²) in [4.78, 5) is 22.0. The Morgan fingerprint density at radius 3 is 2.48 bits per heavy atom. The molecule has 0 amide bonds. The van der Waals surface area contributed by atoms with Gasteiger partial charge in [-0.2, -0.15) is 4.72 Å². The van der Waals surface area contributed by atoms with Crippen LogP contribution < -0.4 is 4.72 Å². The third-order valence-electron chi connectivity index (χ3n) is 2.71. The number of nitrogens with zero attached hydrogens (tertiary/aromatic N) is 1. The molecule has 0 radical (unpaired) electrons. The number of nitrogens with one attached hydrogen (secondary N) is 1. The summed E-state index contributed by atoms with van der Waals surface area (Å²) in [6.45, 7) is 1.13. The van der Waals surface area contributed by atoms with E-state index < -0.39 is 34.6 Å². The number of esters is 1. The van der Waals surface area contributed by atoms with Gasteiger partial charge in [0.2, 0.25) is 10.0 Å². The minimum atomic E-state index is -4.17. The van der Waals surface area contributed by atoms with Crippen LogP contribution in [0.5, 0.6) is 0 Å². The lowest BCUT2D eigenvalue weighted by molar-refractivity contribution is -0.143. The van der Waals surface area contributed by atoms with Crippen LogP contribution in [0.15, 0.2) is 17.2 Å². The van der Waals surface area contributed by atoms with Gasteiger partial charge >= 0.3 is 11.9 Å². The second kappa shape index (κ2) is 6.70. The smallest absolute Gasteiger partial charge is 0.352 e. The zero-order valence-corrected chi connectivity index (χ0v) is 12.3. The summed E-state index contributed by atoms with van der Waals surface area (Å²) < 4.78 is 31.7. The molecule has 1 unspecified atom stereocenters. The van der Waals surface area contributed by atoms with Gasteiger partial charge < -0.3 is 19.5 Å². The van der Waals surface area contributed by atoms with Crippen molar-refractivity contribution < 1.29 is 33.0 Å². The molecule has 0 saturated carbocycles. The fourth-order valence-corrected chi connectivity index (χ4v) is 2.84. The largest absolute Gasteiger partial charge is 0.477 e. The summed E-state index contributed by atoms with van der Waals surface area (Å²) in [7, 11) is -3.12. The van der Waals surface area contributed by atoms with Gasteiger partial charge in [0.25, 0.3) is 0 Å². The second-order valence-electron chi connectivity index (χ2n) is 4.03. The molecule has 1 aromatic rings. The van der Waals surface area contributed by atoms with E-state index in [9.17, 15) is 18.0 Å². The van der Waals surface area contributed by atoms with Crippen molar-refractivity contribution in [2.24, 2.45) is 0 Å². The Bertz CT molecular complexity index is 635. The molecule has 1 atom stereocenters. The van der Waals surface area contributed by atoms with E-state index in [0.717, 1.165) is 19.4 Å². The van der Waals surface area contributed by atoms with Crippen molar-refractivity contribution >= 4 is 22.0 Å². The van der Waals surface area contributed by atoms with E-state index >= 15 is 0 Å². The topological polar surface area (TPSA) is 135 Å². The van der Waals surface area contributed by atoms with Crippen LogP contribution in [0.3, 0.4) is 0 Å². The zero-order valence-electron chi connectivity index (χ0n) is 11.4. The fraction of sp³-hybridized carbons (Fsp3) is 0.455. The van der Waals surface area contributed by atoms with Crippen molar-refractivity contribution in [3.05, 3.63) is 18.0 Å². The predicted molar refractivity (Wildman–Crippen MR) is 70.3 cm³/mol. The maximum absolute atomic E-state index is 12.1. The molecule has 1 heterocycles. The van der Waals surface area contributed by atoms with Crippen LogP contribution in [0.2, 0.25) is 0 Å². The molecule has 0 aliphatic carbocycles. The lowest BCUT2D eigenvalue weighted by Gasteiger charge is -2.13. The maximum atomic E-state index is 12.1. The van der Waals surface area contributed by atoms with Gasteiger partial charge in [0.15, 0.2) is 0 Å². The number of ether oxygens (including phenoxy) is 1. The van der Waals surface area contributed by atoms with Gasteiger partial charge in [0.1, 0.15) is 16.6 Å². The standard InChI is InChI=1S/C11H16N2O7S/c1-3-13-5-7(4-9(13)10(15)16)21(18,19)12-8(6-14)11(17)20-2/h4-5,8,12,14H,3,6H2,1-2H3,(H,15,16). The van der Waals surface area contributed by atoms with E-state index in [1.165, 1.54) is 4.57 Å². The summed E-state index contributed by atoms with van der Waals surface area (Å²) >= 11 is 0. The number of aryl methyl sites for hydroxylation is 1. The zero-order chi connectivity index (χ0) is 16.2. The van der Waals surface area contributed by atoms with Gasteiger partial charge in [0.05, 0.1) is 13.7 Å². The first-order valence-corrected chi connectivity index (χ1v) is 7.39. The van der Waals surface area contributed by atoms with Gasteiger partial charge in [-0.05, 0) is 13.0 Å². The first kappa shape index (κ1) is 17.1. The van der Waals surface area contributed by atoms with Gasteiger partial charge in [-0.15, -0.1) is 0 Å². The summed E-state index contributed by atoms with van der Waals surface area (Å²) in [5, 5.41) is 18.0. The minimum absolute atomic E-state index is 0.198. The number of rotatable bonds is 7. The monoisotopic (exact) mass is 320 g/mol. The van der Waals surface area contributed by atoms with Gasteiger partial charge in [-0.3, -0.25) is 4.79 Å². The van der Waals surface area contributed by atoms with E-state index in [1.807, 2.05) is 4.72 Å². The highest BCUT2D eigenvalue weighted by Crippen LogP contribution is 2.15. The van der Waals surface area contributed by atoms with Crippen LogP contribution in [0.4, 0.5) is 0 Å². The molecule has 21 heavy (non-hydrogen) atoms. The number of hydrogen-bond donors (Lipinski definition) is 3. The van der Waals surface area contributed by atoms with Gasteiger partial charge in [0, 0.05) is 12.7 Å². The van der Waals surface area contributed by atoms with E-state index in [2.05, 4.69) is 4.74 Å². The summed E-state index contributed by atoms with van der Waals surface area (Å²) in [5.41, 5.74) is -0.198. The van der Waals surface area contributed by atoms with Crippen molar-refractivity contribution in [2.45, 2.75) is 24.4 Å². The highest BCUT2D eigenvalue weighted by atomic mass is 32.2. The van der Waals surface area contributed by atoms with E-state index in [0.29, 0.717) is 0 Å². The number of aromatic carboxylic acids is 1. The third-order valence-corrected chi connectivity index (χ3v) is 4.15. The summed E-state index contributed by atoms with van der Waals surface area (Å²) in [6.07, 6.45) is 1.14. The Kier molecular flexibility index (Phi) is 5.47. The van der Waals surface area contributed by atoms with Crippen LogP contribution in [-0.2, 0) is 26.1 Å². The third kappa shape index (κ3) is 3.80. The number of carboxylic acid groups (broad SMARTS) is 1. The van der Waals surface area contributed by atoms with Crippen molar-refractivity contribution in [1.29, 1.82) is 0 Å². The van der Waals surface area contributed by atoms with Crippen LogP contribution in [0.1, 0.15) is 17.4 Å². The molecule has 0 aromatic carbocycles. The molecule has 0 fully saturated rings. The van der Waals surface area contributed by atoms with Gasteiger partial charge in [-0.25, -0.2) is 13.2 Å². The number of methoxy groups -OCH3 is 1. The predicted octanol–water partition coefficient (Wildman–Crippen LogP) is -0.982. The summed E-state index contributed by atoms with van der Waals surface area (Å²) in [5.74, 6) is -2.22. The normalized spacial score (nSPS) is 12.9. The number of hydrogen-bond acceptors (Lipinski definition) is 6. The maximum Gasteiger partial charge on any atom is 0.352 e. The molecule has 0 saturated heterocycles. The lowest BCUT2D eigenvalue weighted by atomic mass is 10.3. The van der Waals surface area contributed by atoms with Crippen molar-refractivity contribution in [2.75, 3.05) is 13.7 Å². The van der Waals surface area contributed by atoms with Gasteiger partial charge in [-0.1, -0.05) is 0 Å². The lowest BCUT2D eigenvalue weighted by Crippen LogP contribution is -2.43. The van der Waals surface area contributed by atoms with E-state index in [-0.39, 0.29) is 17.1 Å². The molecular weight excluding hydrogens is 304 g/mol. The number of aliphatic hydroxyl groups excluding tert-OH is 1. The summed E-state index contributed by atoms with van der Waals surface area (Å²) in [6, 6.07) is -0.488. The molecule has 0 aliphatic heterocycles. The number of carboxylic acids is 1. The minimum Gasteiger partial charge on any atom is -0.477 e. The molecule has 10 heteroatoms. The Hall–Kier alpha value is -1.91. The first-order chi connectivity index (χ1) is 9.76. The molecule has 0 bridgehead atoms. The van der Waals surface area contributed by atoms with Crippen LogP contribution in [0, 0.1) is 0 Å². The van der Waals surface area contributed by atoms with Crippen molar-refractivity contribution in [3.63, 3.8) is 0 Å². The Balaban J connectivity index is 3.13. The first-order valence-electron chi connectivity index (χ1n) is 5.91. The fourth-order valence-electron chi connectivity index (χ4n) is 1.63. The SMILES string of the molecule is CCn1cc(S(=O)(=O)NC(CO)C(=O)OC)cc1C(=O)O. The number of carbonyl (C=O) groups is 2. The quantitative estimate of drug-likeness (QED) is 0.549. The van der Waals surface area contributed by atoms with Crippen molar-refractivity contribution in [1.82, 2.24) is 9.29 Å². The van der Waals surface area contributed by atoms with E-state index in [4.69, 9.17) is 10.2 Å². The molecule has 0 spiro atoms. The highest BCUT2D eigenvalue weighted by Gasteiger charge is 2.28. The molecule has 9 nitrogen and oxygen atoms in total. The Morgan fingerprint density at radius 1 is 1.48 bits per heavy atom. The molecule has 1 aromatic heterocycles. The Labute approximate surface area is 121 Å². The molecule has 0 aliphatic rings. The molecule has 3 N–H and O–H groups in total. The van der Waals surface area contributed by atoms with Crippen LogP contribution in [-0.4, -0.2) is 54.9 Å². The molecule has 118 valence electrons. The number of aromatic nitrogens is 1. The van der Waals surface area contributed by atoms with E-state index in [1.54, 1.807) is 6.92 Å². The average molecular weight is 320 g/mol. The number of carbonyl (C=O) groups excluding carboxylic acids is 1. The molecule has 1 rings (SSSR count). The number of aliphatic hydroxyl groups is 1. The van der Waals surface area contributed by atoms with Crippen LogP contribution >= 0.6 is 0 Å². The van der Waals surface area contributed by atoms with Crippen molar-refractivity contribution in [3.8, 4) is 0 Å². The molecular formula is C11H16N2O7S. The Morgan fingerprint density at radius 2 is 2.10 bits per heavy atom. The highest BCUT2D eigenvalue weighted by molar-refractivity contribution is 7.89. The number of sulfonamides is 1. The average Bonchev–Trinajstić information content (AvgIpc) is 2.89. The second-order valence-corrected chi connectivity index (χ2v) is 5.75.